The van der Waals surface area contributed by atoms with Crippen LogP contribution in [-0.4, -0.2) is 41.9 Å². The molecule has 0 spiro atoms. The molecule has 1 atom stereocenters. The maximum Gasteiger partial charge on any atom is 0.206 e. The molecule has 5 nitrogen and oxygen atoms in total. The van der Waals surface area contributed by atoms with Gasteiger partial charge in [-0.25, -0.2) is 12.8 Å². The van der Waals surface area contributed by atoms with E-state index in [9.17, 15) is 12.8 Å². The highest BCUT2D eigenvalue weighted by Gasteiger charge is 2.24. The smallest absolute Gasteiger partial charge is 0.206 e. The molecule has 0 saturated carbocycles. The Morgan fingerprint density at radius 3 is 2.79 bits per heavy atom. The van der Waals surface area contributed by atoms with Gasteiger partial charge in [0.15, 0.2) is 0 Å². The van der Waals surface area contributed by atoms with E-state index in [1.54, 1.807) is 12.1 Å². The van der Waals surface area contributed by atoms with Crippen LogP contribution in [-0.2, 0) is 21.0 Å². The molecule has 0 amide bonds. The summed E-state index contributed by atoms with van der Waals surface area (Å²) in [5, 5.41) is 6.35. The van der Waals surface area contributed by atoms with Crippen LogP contribution in [0.4, 0.5) is 4.39 Å². The molecular weight excluding hydrogens is 379 g/mol. The number of hydrogen-bond donors (Lipinski definition) is 2. The zero-order valence-corrected chi connectivity index (χ0v) is 16.9. The minimum atomic E-state index is -3.72. The van der Waals surface area contributed by atoms with E-state index in [4.69, 9.17) is 4.74 Å². The summed E-state index contributed by atoms with van der Waals surface area (Å²) in [6, 6.07) is 10.5. The summed E-state index contributed by atoms with van der Waals surface area (Å²) in [7, 11) is -1.84. The third-order valence-electron chi connectivity index (χ3n) is 5.06. The second-order valence-corrected chi connectivity index (χ2v) is 8.97. The van der Waals surface area contributed by atoms with Gasteiger partial charge in [0.05, 0.1) is 23.1 Å². The standard InChI is InChI=1S/C21H27FN2O3S/c1-23-10-11-27-15-24-14-17-5-2-4-16-12-20(8-9-21(16)17)28(25,26)19-7-3-6-18(22)13-19/h3,6-9,12-13,17,23-24H,2,4-5,10-11,14-15H2,1H3/t17-/m0/s1. The third kappa shape index (κ3) is 4.97. The topological polar surface area (TPSA) is 67.4 Å². The molecule has 0 aromatic heterocycles. The van der Waals surface area contributed by atoms with Crippen LogP contribution in [0, 0.1) is 5.82 Å². The Kier molecular flexibility index (Phi) is 7.18. The van der Waals surface area contributed by atoms with Gasteiger partial charge in [-0.2, -0.15) is 0 Å². The summed E-state index contributed by atoms with van der Waals surface area (Å²) in [6.45, 7) is 2.77. The van der Waals surface area contributed by atoms with Crippen molar-refractivity contribution in [3.05, 3.63) is 59.4 Å². The van der Waals surface area contributed by atoms with Crippen LogP contribution in [0.5, 0.6) is 0 Å². The fourth-order valence-electron chi connectivity index (χ4n) is 3.59. The van der Waals surface area contributed by atoms with Crippen molar-refractivity contribution >= 4 is 9.84 Å². The number of fused-ring (bicyclic) bond motifs is 1. The fourth-order valence-corrected chi connectivity index (χ4v) is 4.93. The van der Waals surface area contributed by atoms with Crippen LogP contribution in [0.3, 0.4) is 0 Å². The van der Waals surface area contributed by atoms with Crippen LogP contribution in [0.25, 0.3) is 0 Å². The van der Waals surface area contributed by atoms with E-state index in [0.29, 0.717) is 19.3 Å². The van der Waals surface area contributed by atoms with Gasteiger partial charge in [0.2, 0.25) is 9.84 Å². The Balaban J connectivity index is 1.72. The van der Waals surface area contributed by atoms with Gasteiger partial charge in [0.1, 0.15) is 5.82 Å². The lowest BCUT2D eigenvalue weighted by Gasteiger charge is -2.26. The van der Waals surface area contributed by atoms with E-state index in [1.807, 2.05) is 13.1 Å². The number of benzene rings is 2. The Morgan fingerprint density at radius 2 is 2.00 bits per heavy atom. The van der Waals surface area contributed by atoms with Gasteiger partial charge in [-0.1, -0.05) is 12.1 Å². The molecule has 3 rings (SSSR count). The van der Waals surface area contributed by atoms with E-state index < -0.39 is 15.7 Å². The molecule has 2 N–H and O–H groups in total. The number of hydrogen-bond acceptors (Lipinski definition) is 5. The third-order valence-corrected chi connectivity index (χ3v) is 6.81. The molecule has 0 saturated heterocycles. The van der Waals surface area contributed by atoms with Crippen LogP contribution in [0.1, 0.15) is 29.9 Å². The Bertz CT molecular complexity index is 902. The normalized spacial score (nSPS) is 16.7. The maximum atomic E-state index is 13.5. The molecule has 28 heavy (non-hydrogen) atoms. The number of aryl methyl sites for hydroxylation is 1. The quantitative estimate of drug-likeness (QED) is 0.495. The van der Waals surface area contributed by atoms with Crippen LogP contribution >= 0.6 is 0 Å². The van der Waals surface area contributed by atoms with E-state index >= 15 is 0 Å². The molecule has 0 fully saturated rings. The van der Waals surface area contributed by atoms with Crippen molar-refractivity contribution in [1.82, 2.24) is 10.6 Å². The maximum absolute atomic E-state index is 13.5. The summed E-state index contributed by atoms with van der Waals surface area (Å²) in [5.74, 6) is -0.218. The van der Waals surface area contributed by atoms with Gasteiger partial charge in [-0.15, -0.1) is 0 Å². The molecule has 0 aliphatic heterocycles. The molecule has 1 aliphatic carbocycles. The molecule has 0 heterocycles. The van der Waals surface area contributed by atoms with Crippen molar-refractivity contribution < 1.29 is 17.5 Å². The number of likely N-dealkylation sites (N-methyl/N-ethyl adjacent to an activating group) is 1. The molecule has 152 valence electrons. The van der Waals surface area contributed by atoms with Crippen molar-refractivity contribution in [2.24, 2.45) is 0 Å². The Labute approximate surface area is 166 Å². The summed E-state index contributed by atoms with van der Waals surface area (Å²) >= 11 is 0. The minimum absolute atomic E-state index is 0.0137. The van der Waals surface area contributed by atoms with Gasteiger partial charge >= 0.3 is 0 Å². The monoisotopic (exact) mass is 406 g/mol. The lowest BCUT2D eigenvalue weighted by atomic mass is 9.83. The predicted molar refractivity (Wildman–Crippen MR) is 107 cm³/mol. The average Bonchev–Trinajstić information content (AvgIpc) is 2.70. The number of ether oxygens (including phenoxy) is 1. The Morgan fingerprint density at radius 1 is 1.18 bits per heavy atom. The second kappa shape index (κ2) is 9.60. The number of sulfone groups is 1. The molecule has 2 aromatic rings. The zero-order valence-electron chi connectivity index (χ0n) is 16.1. The Hall–Kier alpha value is -1.80. The van der Waals surface area contributed by atoms with Gasteiger partial charge in [0, 0.05) is 13.1 Å². The molecule has 1 aliphatic rings. The van der Waals surface area contributed by atoms with Gasteiger partial charge < -0.3 is 10.1 Å². The van der Waals surface area contributed by atoms with E-state index in [1.165, 1.54) is 23.8 Å². The first-order chi connectivity index (χ1) is 13.5. The molecule has 0 bridgehead atoms. The zero-order chi connectivity index (χ0) is 20.0. The van der Waals surface area contributed by atoms with E-state index in [-0.39, 0.29) is 9.79 Å². The lowest BCUT2D eigenvalue weighted by molar-refractivity contribution is 0.118. The second-order valence-electron chi connectivity index (χ2n) is 7.02. The molecule has 0 unspecified atom stereocenters. The molecule has 0 radical (unpaired) electrons. The molecule has 7 heteroatoms. The highest BCUT2D eigenvalue weighted by atomic mass is 32.2. The van der Waals surface area contributed by atoms with Crippen molar-refractivity contribution in [3.63, 3.8) is 0 Å². The number of nitrogens with one attached hydrogen (secondary N) is 2. The predicted octanol–water partition coefficient (Wildman–Crippen LogP) is 2.86. The number of rotatable bonds is 9. The first-order valence-corrected chi connectivity index (χ1v) is 11.1. The first kappa shape index (κ1) is 20.9. The van der Waals surface area contributed by atoms with Crippen molar-refractivity contribution in [3.8, 4) is 0 Å². The highest BCUT2D eigenvalue weighted by molar-refractivity contribution is 7.91. The molecule has 2 aromatic carbocycles. The molecular formula is C21H27FN2O3S. The average molecular weight is 407 g/mol. The van der Waals surface area contributed by atoms with Crippen LogP contribution < -0.4 is 10.6 Å². The van der Waals surface area contributed by atoms with Crippen molar-refractivity contribution in [2.45, 2.75) is 35.0 Å². The van der Waals surface area contributed by atoms with E-state index in [2.05, 4.69) is 10.6 Å². The van der Waals surface area contributed by atoms with Crippen molar-refractivity contribution in [1.29, 1.82) is 0 Å². The van der Waals surface area contributed by atoms with E-state index in [0.717, 1.165) is 44.0 Å². The van der Waals surface area contributed by atoms with Gasteiger partial charge in [0.25, 0.3) is 0 Å². The summed E-state index contributed by atoms with van der Waals surface area (Å²) in [5.41, 5.74) is 2.25. The summed E-state index contributed by atoms with van der Waals surface area (Å²) in [6.07, 6.45) is 2.94. The number of halogens is 1. The SMILES string of the molecule is CNCCOCNC[C@@H]1CCCc2cc(S(=O)(=O)c3cccc(F)c3)ccc21. The highest BCUT2D eigenvalue weighted by Crippen LogP contribution is 2.34. The fraction of sp³-hybridized carbons (Fsp3) is 0.429. The summed E-state index contributed by atoms with van der Waals surface area (Å²) in [4.78, 5) is 0.209. The van der Waals surface area contributed by atoms with Crippen molar-refractivity contribution in [2.75, 3.05) is 33.5 Å². The van der Waals surface area contributed by atoms with Gasteiger partial charge in [-0.3, -0.25) is 5.32 Å². The lowest BCUT2D eigenvalue weighted by Crippen LogP contribution is -2.28. The van der Waals surface area contributed by atoms with Crippen LogP contribution in [0.2, 0.25) is 0 Å². The minimum Gasteiger partial charge on any atom is -0.365 e. The first-order valence-electron chi connectivity index (χ1n) is 9.59. The van der Waals surface area contributed by atoms with Crippen LogP contribution in [0.15, 0.2) is 52.3 Å². The van der Waals surface area contributed by atoms with Gasteiger partial charge in [-0.05, 0) is 73.7 Å². The largest absolute Gasteiger partial charge is 0.365 e. The summed E-state index contributed by atoms with van der Waals surface area (Å²) < 4.78 is 44.7.